The molecule has 0 radical (unpaired) electrons. The Morgan fingerprint density at radius 2 is 1.94 bits per heavy atom. The molecule has 0 bridgehead atoms. The maximum Gasteiger partial charge on any atom is 0.283 e. The van der Waals surface area contributed by atoms with Crippen molar-refractivity contribution in [2.45, 2.75) is 25.5 Å². The van der Waals surface area contributed by atoms with Crippen molar-refractivity contribution < 1.29 is 19.1 Å². The molecule has 0 spiro atoms. The van der Waals surface area contributed by atoms with Gasteiger partial charge in [-0.15, -0.1) is 0 Å². The van der Waals surface area contributed by atoms with Crippen LogP contribution in [-0.4, -0.2) is 60.5 Å². The average Bonchev–Trinajstić information content (AvgIpc) is 3.19. The van der Waals surface area contributed by atoms with Crippen molar-refractivity contribution in [2.24, 2.45) is 4.99 Å². The predicted octanol–water partition coefficient (Wildman–Crippen LogP) is 4.77. The number of methoxy groups -OCH3 is 1. The van der Waals surface area contributed by atoms with E-state index in [1.54, 1.807) is 24.2 Å². The number of ether oxygens (including phenoxy) is 2. The van der Waals surface area contributed by atoms with Gasteiger partial charge in [-0.2, -0.15) is 0 Å². The van der Waals surface area contributed by atoms with Gasteiger partial charge in [0.15, 0.2) is 5.17 Å². The fourth-order valence-corrected chi connectivity index (χ4v) is 5.10. The van der Waals surface area contributed by atoms with E-state index >= 15 is 0 Å². The summed E-state index contributed by atoms with van der Waals surface area (Å²) in [6, 6.07) is 12.9. The summed E-state index contributed by atoms with van der Waals surface area (Å²) >= 11 is 7.69. The second-order valence-corrected chi connectivity index (χ2v) is 9.80. The van der Waals surface area contributed by atoms with Gasteiger partial charge in [0.2, 0.25) is 5.91 Å². The van der Waals surface area contributed by atoms with E-state index in [2.05, 4.69) is 4.99 Å². The Morgan fingerprint density at radius 3 is 2.57 bits per heavy atom. The van der Waals surface area contributed by atoms with E-state index in [0.717, 1.165) is 16.9 Å². The number of carbonyl (C=O) groups is 2. The molecule has 0 N–H and O–H groups in total. The largest absolute Gasteiger partial charge is 0.497 e. The maximum atomic E-state index is 13.5. The van der Waals surface area contributed by atoms with Crippen LogP contribution in [0.5, 0.6) is 5.75 Å². The van der Waals surface area contributed by atoms with Gasteiger partial charge in [0.25, 0.3) is 5.91 Å². The second-order valence-electron chi connectivity index (χ2n) is 8.22. The number of anilines is 1. The van der Waals surface area contributed by atoms with Gasteiger partial charge in [-0.3, -0.25) is 14.5 Å². The van der Waals surface area contributed by atoms with Crippen LogP contribution in [0.25, 0.3) is 6.08 Å². The van der Waals surface area contributed by atoms with Crippen LogP contribution in [0.2, 0.25) is 5.02 Å². The third kappa shape index (κ3) is 5.72. The molecule has 2 aliphatic heterocycles. The van der Waals surface area contributed by atoms with Crippen LogP contribution in [0.4, 0.5) is 5.69 Å². The van der Waals surface area contributed by atoms with Crippen LogP contribution in [0, 0.1) is 6.92 Å². The lowest BCUT2D eigenvalue weighted by atomic mass is 10.1. The summed E-state index contributed by atoms with van der Waals surface area (Å²) in [7, 11) is 1.61. The van der Waals surface area contributed by atoms with Crippen molar-refractivity contribution >= 4 is 52.1 Å². The summed E-state index contributed by atoms with van der Waals surface area (Å²) in [5.74, 6) is 0.496. The Labute approximate surface area is 214 Å². The van der Waals surface area contributed by atoms with E-state index in [4.69, 9.17) is 21.1 Å². The number of benzene rings is 2. The number of hydrogen-bond donors (Lipinski definition) is 0. The van der Waals surface area contributed by atoms with Crippen LogP contribution < -0.4 is 9.64 Å². The third-order valence-corrected chi connectivity index (χ3v) is 7.59. The highest BCUT2D eigenvalue weighted by atomic mass is 35.5. The lowest BCUT2D eigenvalue weighted by molar-refractivity contribution is -0.134. The zero-order chi connectivity index (χ0) is 24.9. The Balaban J connectivity index is 1.67. The van der Waals surface area contributed by atoms with E-state index in [1.165, 1.54) is 11.8 Å². The number of morpholine rings is 1. The summed E-state index contributed by atoms with van der Waals surface area (Å²) in [5.41, 5.74) is 2.64. The Hall–Kier alpha value is -2.81. The number of carbonyl (C=O) groups excluding carboxylic acids is 2. The molecule has 1 saturated heterocycles. The highest BCUT2D eigenvalue weighted by Crippen LogP contribution is 2.34. The van der Waals surface area contributed by atoms with Crippen molar-refractivity contribution in [2.75, 3.05) is 38.3 Å². The number of halogens is 1. The number of nitrogens with zero attached hydrogens (tertiary/aromatic N) is 3. The minimum atomic E-state index is -0.372. The molecule has 35 heavy (non-hydrogen) atoms. The molecule has 2 aromatic carbocycles. The first kappa shape index (κ1) is 25.3. The molecule has 2 aliphatic rings. The van der Waals surface area contributed by atoms with Gasteiger partial charge >= 0.3 is 0 Å². The highest BCUT2D eigenvalue weighted by molar-refractivity contribution is 8.15. The van der Waals surface area contributed by atoms with Crippen molar-refractivity contribution in [3.63, 3.8) is 0 Å². The van der Waals surface area contributed by atoms with Crippen LogP contribution in [0.3, 0.4) is 0 Å². The molecule has 2 amide bonds. The molecule has 1 atom stereocenters. The van der Waals surface area contributed by atoms with Gasteiger partial charge in [0.05, 0.1) is 31.3 Å². The number of thioether (sulfide) groups is 1. The molecule has 0 saturated carbocycles. The predicted molar refractivity (Wildman–Crippen MR) is 141 cm³/mol. The minimum Gasteiger partial charge on any atom is -0.497 e. The lowest BCUT2D eigenvalue weighted by Gasteiger charge is -2.30. The number of amidine groups is 1. The van der Waals surface area contributed by atoms with Crippen molar-refractivity contribution in [3.8, 4) is 5.75 Å². The average molecular weight is 514 g/mol. The van der Waals surface area contributed by atoms with Gasteiger partial charge in [-0.25, -0.2) is 4.99 Å². The van der Waals surface area contributed by atoms with Crippen LogP contribution in [0.1, 0.15) is 24.5 Å². The quantitative estimate of drug-likeness (QED) is 0.520. The van der Waals surface area contributed by atoms with Crippen LogP contribution in [-0.2, 0) is 14.3 Å². The number of aryl methyl sites for hydroxylation is 1. The van der Waals surface area contributed by atoms with Crippen molar-refractivity contribution in [1.29, 1.82) is 0 Å². The first-order valence-electron chi connectivity index (χ1n) is 11.5. The molecule has 0 aromatic heterocycles. The van der Waals surface area contributed by atoms with Crippen molar-refractivity contribution in [1.82, 2.24) is 4.90 Å². The first-order valence-corrected chi connectivity index (χ1v) is 12.7. The molecule has 1 fully saturated rings. The standard InChI is InChI=1S/C26H28ClN3O4S/c1-4-23(25(32)29-11-13-34-14-12-29)35-26-28-22(15-18-6-9-20(33-3)10-7-18)24(31)30(26)19-8-5-17(2)21(27)16-19/h5-10,15-16,23H,4,11-14H2,1-3H3/b22-15-. The summed E-state index contributed by atoms with van der Waals surface area (Å²) in [6.45, 7) is 6.09. The van der Waals surface area contributed by atoms with Crippen molar-refractivity contribution in [3.05, 3.63) is 64.3 Å². The lowest BCUT2D eigenvalue weighted by Crippen LogP contribution is -2.45. The summed E-state index contributed by atoms with van der Waals surface area (Å²) < 4.78 is 10.6. The number of aliphatic imine (C=N–C) groups is 1. The minimum absolute atomic E-state index is 0.0328. The normalized spacial score (nSPS) is 18.1. The summed E-state index contributed by atoms with van der Waals surface area (Å²) in [5, 5.41) is 0.648. The molecule has 9 heteroatoms. The zero-order valence-corrected chi connectivity index (χ0v) is 21.6. The molecule has 4 rings (SSSR count). The summed E-state index contributed by atoms with van der Waals surface area (Å²) in [4.78, 5) is 34.8. The number of rotatable bonds is 6. The monoisotopic (exact) mass is 513 g/mol. The fourth-order valence-electron chi connectivity index (χ4n) is 3.80. The van der Waals surface area contributed by atoms with Gasteiger partial charge in [0.1, 0.15) is 11.4 Å². The number of hydrogen-bond acceptors (Lipinski definition) is 6. The Morgan fingerprint density at radius 1 is 1.23 bits per heavy atom. The van der Waals surface area contributed by atoms with E-state index in [1.807, 2.05) is 55.1 Å². The topological polar surface area (TPSA) is 71.4 Å². The molecule has 7 nitrogen and oxygen atoms in total. The number of amides is 2. The summed E-state index contributed by atoms with van der Waals surface area (Å²) in [6.07, 6.45) is 2.34. The van der Waals surface area contributed by atoms with Gasteiger partial charge in [0, 0.05) is 18.1 Å². The fraction of sp³-hybridized carbons (Fsp3) is 0.346. The van der Waals surface area contributed by atoms with E-state index < -0.39 is 0 Å². The first-order chi connectivity index (χ1) is 16.9. The zero-order valence-electron chi connectivity index (χ0n) is 20.0. The van der Waals surface area contributed by atoms with Gasteiger partial charge in [-0.1, -0.05) is 48.5 Å². The SMILES string of the molecule is CCC(SC1=N/C(=C\c2ccc(OC)cc2)C(=O)N1c1ccc(C)c(Cl)c1)C(=O)N1CCOCC1. The van der Waals surface area contributed by atoms with Gasteiger partial charge < -0.3 is 14.4 Å². The molecule has 2 aromatic rings. The maximum absolute atomic E-state index is 13.5. The second kappa shape index (κ2) is 11.3. The molecule has 2 heterocycles. The smallest absolute Gasteiger partial charge is 0.283 e. The molecule has 184 valence electrons. The molecule has 0 aliphatic carbocycles. The highest BCUT2D eigenvalue weighted by Gasteiger charge is 2.36. The third-order valence-electron chi connectivity index (χ3n) is 5.88. The molecule has 1 unspecified atom stereocenters. The Kier molecular flexibility index (Phi) is 8.15. The van der Waals surface area contributed by atoms with E-state index in [0.29, 0.717) is 54.3 Å². The molecular formula is C26H28ClN3O4S. The van der Waals surface area contributed by atoms with Crippen LogP contribution in [0.15, 0.2) is 53.2 Å². The van der Waals surface area contributed by atoms with E-state index in [-0.39, 0.29) is 17.1 Å². The Bertz CT molecular complexity index is 1160. The van der Waals surface area contributed by atoms with Gasteiger partial charge in [-0.05, 0) is 54.8 Å². The van der Waals surface area contributed by atoms with E-state index in [9.17, 15) is 9.59 Å². The van der Waals surface area contributed by atoms with Crippen LogP contribution >= 0.6 is 23.4 Å². The molecular weight excluding hydrogens is 486 g/mol.